The molecule has 1 aromatic heterocycles. The lowest BCUT2D eigenvalue weighted by molar-refractivity contribution is 0.0136. The Morgan fingerprint density at radius 2 is 1.89 bits per heavy atom. The van der Waals surface area contributed by atoms with Crippen LogP contribution in [0.15, 0.2) is 30.3 Å². The van der Waals surface area contributed by atoms with Gasteiger partial charge in [0, 0.05) is 43.0 Å². The molecule has 1 N–H and O–H groups in total. The molecule has 6 nitrogen and oxygen atoms in total. The van der Waals surface area contributed by atoms with Crippen molar-refractivity contribution < 1.29 is 27.4 Å². The Morgan fingerprint density at radius 1 is 1.14 bits per heavy atom. The van der Waals surface area contributed by atoms with E-state index in [0.29, 0.717) is 47.6 Å². The van der Waals surface area contributed by atoms with Gasteiger partial charge in [-0.3, -0.25) is 0 Å². The third-order valence-electron chi connectivity index (χ3n) is 6.58. The maximum absolute atomic E-state index is 14.8. The van der Waals surface area contributed by atoms with Gasteiger partial charge in [0.2, 0.25) is 0 Å². The number of alkyl halides is 2. The zero-order valence-corrected chi connectivity index (χ0v) is 20.5. The summed E-state index contributed by atoms with van der Waals surface area (Å²) in [6.07, 6.45) is 1.94. The lowest BCUT2D eigenvalue weighted by atomic mass is 10.0. The highest BCUT2D eigenvalue weighted by molar-refractivity contribution is 5.91. The zero-order chi connectivity index (χ0) is 25.4. The molecule has 0 saturated heterocycles. The Balaban J connectivity index is 1.66. The predicted molar refractivity (Wildman–Crippen MR) is 128 cm³/mol. The SMILES string of the molecule is COCC1(C(C)Oc2cc3c(NCc4cccc(C(C)(F)F)c4F)nc(C)nc3cc2OC)CC1. The van der Waals surface area contributed by atoms with Gasteiger partial charge in [-0.05, 0) is 32.8 Å². The van der Waals surface area contributed by atoms with Crippen molar-refractivity contribution in [3.05, 3.63) is 53.1 Å². The molecule has 1 fully saturated rings. The van der Waals surface area contributed by atoms with Crippen LogP contribution in [-0.4, -0.2) is 36.9 Å². The van der Waals surface area contributed by atoms with Gasteiger partial charge >= 0.3 is 0 Å². The number of hydrogen-bond acceptors (Lipinski definition) is 6. The van der Waals surface area contributed by atoms with Crippen LogP contribution in [0.2, 0.25) is 0 Å². The second-order valence-electron chi connectivity index (χ2n) is 9.22. The molecule has 2 aromatic carbocycles. The molecule has 4 rings (SSSR count). The van der Waals surface area contributed by atoms with Gasteiger partial charge in [0.25, 0.3) is 5.92 Å². The Kier molecular flexibility index (Phi) is 6.81. The van der Waals surface area contributed by atoms with E-state index in [4.69, 9.17) is 14.2 Å². The predicted octanol–water partition coefficient (Wildman–Crippen LogP) is 6.00. The number of nitrogens with zero attached hydrogens (tertiary/aromatic N) is 2. The molecule has 1 aliphatic carbocycles. The van der Waals surface area contributed by atoms with E-state index in [1.807, 2.05) is 6.92 Å². The molecular weight excluding hydrogens is 459 g/mol. The third-order valence-corrected chi connectivity index (χ3v) is 6.58. The molecule has 0 amide bonds. The van der Waals surface area contributed by atoms with Crippen molar-refractivity contribution in [1.29, 1.82) is 0 Å². The van der Waals surface area contributed by atoms with E-state index in [9.17, 15) is 13.2 Å². The Bertz CT molecular complexity index is 1230. The Labute approximate surface area is 202 Å². The summed E-state index contributed by atoms with van der Waals surface area (Å²) >= 11 is 0. The third kappa shape index (κ3) is 5.15. The number of nitrogens with one attached hydrogen (secondary N) is 1. The number of anilines is 1. The van der Waals surface area contributed by atoms with Crippen LogP contribution in [0.25, 0.3) is 10.9 Å². The summed E-state index contributed by atoms with van der Waals surface area (Å²) in [6.45, 7) is 5.01. The van der Waals surface area contributed by atoms with Crippen molar-refractivity contribution in [2.45, 2.75) is 52.2 Å². The van der Waals surface area contributed by atoms with Crippen molar-refractivity contribution in [3.63, 3.8) is 0 Å². The number of methoxy groups -OCH3 is 2. The standard InChI is InChI=1S/C26H30F3N3O3/c1-15(26(9-10-26)14-33-4)35-22-11-18-20(12-21(22)34-5)31-16(2)32-24(18)30-13-17-7-6-8-19(23(17)27)25(3,28)29/h6-8,11-12,15H,9-10,13-14H2,1-5H3,(H,30,31,32). The first-order valence-electron chi connectivity index (χ1n) is 11.5. The van der Waals surface area contributed by atoms with E-state index in [-0.39, 0.29) is 23.6 Å². The van der Waals surface area contributed by atoms with E-state index < -0.39 is 17.3 Å². The van der Waals surface area contributed by atoms with Gasteiger partial charge in [-0.1, -0.05) is 18.2 Å². The van der Waals surface area contributed by atoms with Gasteiger partial charge in [-0.2, -0.15) is 0 Å². The molecule has 35 heavy (non-hydrogen) atoms. The van der Waals surface area contributed by atoms with E-state index in [1.54, 1.807) is 33.3 Å². The second kappa shape index (κ2) is 9.53. The fourth-order valence-electron chi connectivity index (χ4n) is 4.31. The summed E-state index contributed by atoms with van der Waals surface area (Å²) in [5.41, 5.74) is 0.0650. The fraction of sp³-hybridized carbons (Fsp3) is 0.462. The average Bonchev–Trinajstić information content (AvgIpc) is 3.58. The summed E-state index contributed by atoms with van der Waals surface area (Å²) < 4.78 is 59.5. The van der Waals surface area contributed by atoms with Crippen LogP contribution < -0.4 is 14.8 Å². The summed E-state index contributed by atoms with van der Waals surface area (Å²) in [5.74, 6) is -2.21. The lowest BCUT2D eigenvalue weighted by Gasteiger charge is -2.25. The molecule has 0 spiro atoms. The van der Waals surface area contributed by atoms with Crippen molar-refractivity contribution in [3.8, 4) is 11.5 Å². The topological polar surface area (TPSA) is 65.5 Å². The van der Waals surface area contributed by atoms with Crippen LogP contribution in [0.4, 0.5) is 19.0 Å². The van der Waals surface area contributed by atoms with Crippen molar-refractivity contribution in [2.24, 2.45) is 5.41 Å². The largest absolute Gasteiger partial charge is 0.493 e. The summed E-state index contributed by atoms with van der Waals surface area (Å²) in [4.78, 5) is 8.97. The first-order valence-corrected chi connectivity index (χ1v) is 11.5. The fourth-order valence-corrected chi connectivity index (χ4v) is 4.31. The van der Waals surface area contributed by atoms with Crippen molar-refractivity contribution in [1.82, 2.24) is 9.97 Å². The molecule has 1 atom stereocenters. The van der Waals surface area contributed by atoms with Gasteiger partial charge in [0.05, 0.1) is 24.8 Å². The van der Waals surface area contributed by atoms with Crippen LogP contribution in [-0.2, 0) is 17.2 Å². The van der Waals surface area contributed by atoms with Crippen molar-refractivity contribution in [2.75, 3.05) is 26.1 Å². The van der Waals surface area contributed by atoms with E-state index >= 15 is 0 Å². The average molecular weight is 490 g/mol. The van der Waals surface area contributed by atoms with E-state index in [2.05, 4.69) is 15.3 Å². The van der Waals surface area contributed by atoms with Crippen LogP contribution in [0.3, 0.4) is 0 Å². The van der Waals surface area contributed by atoms with E-state index in [1.165, 1.54) is 12.1 Å². The van der Waals surface area contributed by atoms with E-state index in [0.717, 1.165) is 18.9 Å². The van der Waals surface area contributed by atoms with Crippen LogP contribution in [0, 0.1) is 18.2 Å². The maximum atomic E-state index is 14.8. The minimum atomic E-state index is -3.28. The molecule has 3 aromatic rings. The summed E-state index contributed by atoms with van der Waals surface area (Å²) in [7, 11) is 3.24. The molecule has 0 aliphatic heterocycles. The number of aromatic nitrogens is 2. The molecule has 9 heteroatoms. The van der Waals surface area contributed by atoms with Crippen LogP contribution in [0.1, 0.15) is 43.6 Å². The second-order valence-corrected chi connectivity index (χ2v) is 9.22. The zero-order valence-electron chi connectivity index (χ0n) is 20.5. The number of ether oxygens (including phenoxy) is 3. The number of fused-ring (bicyclic) bond motifs is 1. The van der Waals surface area contributed by atoms with Crippen LogP contribution in [0.5, 0.6) is 11.5 Å². The van der Waals surface area contributed by atoms with Gasteiger partial charge in [0.15, 0.2) is 11.5 Å². The Hall–Kier alpha value is -3.07. The number of halogens is 3. The first kappa shape index (κ1) is 25.0. The number of hydrogen-bond donors (Lipinski definition) is 1. The molecule has 1 saturated carbocycles. The van der Waals surface area contributed by atoms with Gasteiger partial charge in [-0.25, -0.2) is 23.1 Å². The van der Waals surface area contributed by atoms with Crippen molar-refractivity contribution >= 4 is 16.7 Å². The molecular formula is C26H30F3N3O3. The smallest absolute Gasteiger partial charge is 0.273 e. The molecule has 1 unspecified atom stereocenters. The number of rotatable bonds is 10. The summed E-state index contributed by atoms with van der Waals surface area (Å²) in [5, 5.41) is 3.74. The van der Waals surface area contributed by atoms with Gasteiger partial charge in [0.1, 0.15) is 23.6 Å². The molecule has 0 radical (unpaired) electrons. The lowest BCUT2D eigenvalue weighted by Crippen LogP contribution is -2.29. The first-order chi connectivity index (χ1) is 16.6. The monoisotopic (exact) mass is 489 g/mol. The number of benzene rings is 2. The molecule has 1 heterocycles. The maximum Gasteiger partial charge on any atom is 0.273 e. The highest BCUT2D eigenvalue weighted by Gasteiger charge is 2.49. The highest BCUT2D eigenvalue weighted by Crippen LogP contribution is 2.50. The normalized spacial score (nSPS) is 15.7. The van der Waals surface area contributed by atoms with Gasteiger partial charge in [-0.15, -0.1) is 0 Å². The Morgan fingerprint density at radius 3 is 2.51 bits per heavy atom. The molecule has 1 aliphatic rings. The molecule has 188 valence electrons. The minimum Gasteiger partial charge on any atom is -0.493 e. The highest BCUT2D eigenvalue weighted by atomic mass is 19.3. The van der Waals surface area contributed by atoms with Gasteiger partial charge < -0.3 is 19.5 Å². The van der Waals surface area contributed by atoms with Crippen LogP contribution >= 0.6 is 0 Å². The summed E-state index contributed by atoms with van der Waals surface area (Å²) in [6, 6.07) is 7.55. The minimum absolute atomic E-state index is 0.0243. The molecule has 0 bridgehead atoms. The number of aryl methyl sites for hydroxylation is 1. The quantitative estimate of drug-likeness (QED) is 0.377.